The molecule has 1 heterocycles. The first-order valence-electron chi connectivity index (χ1n) is 6.87. The van der Waals surface area contributed by atoms with E-state index < -0.39 is 6.10 Å². The van der Waals surface area contributed by atoms with E-state index in [1.165, 1.54) is 0 Å². The molecular formula is C16H27NO3. The summed E-state index contributed by atoms with van der Waals surface area (Å²) in [5.41, 5.74) is 0. The Labute approximate surface area is 122 Å². The molecule has 1 aliphatic heterocycles. The molecule has 1 fully saturated rings. The molecule has 1 saturated heterocycles. The Kier molecular flexibility index (Phi) is 6.99. The molecule has 1 aromatic carbocycles. The number of aliphatic hydroxyl groups is 1. The summed E-state index contributed by atoms with van der Waals surface area (Å²) >= 11 is 0. The fraction of sp³-hybridized carbons (Fsp3) is 0.625. The van der Waals surface area contributed by atoms with Crippen molar-refractivity contribution >= 4 is 0 Å². The fourth-order valence-electron chi connectivity index (χ4n) is 2.49. The normalized spacial score (nSPS) is 24.8. The Morgan fingerprint density at radius 1 is 1.25 bits per heavy atom. The number of morpholine rings is 1. The van der Waals surface area contributed by atoms with Crippen molar-refractivity contribution in [2.45, 2.75) is 39.6 Å². The summed E-state index contributed by atoms with van der Waals surface area (Å²) in [5, 5.41) is 10.0. The lowest BCUT2D eigenvalue weighted by Gasteiger charge is -2.36. The predicted molar refractivity (Wildman–Crippen MR) is 81.1 cm³/mol. The summed E-state index contributed by atoms with van der Waals surface area (Å²) in [4.78, 5) is 2.23. The number of β-amino-alcohol motifs (C(OH)–C–C–N with tert-alkyl or cyclic N) is 1. The van der Waals surface area contributed by atoms with Gasteiger partial charge in [0.25, 0.3) is 0 Å². The van der Waals surface area contributed by atoms with Gasteiger partial charge in [-0.25, -0.2) is 0 Å². The molecule has 20 heavy (non-hydrogen) atoms. The van der Waals surface area contributed by atoms with E-state index in [2.05, 4.69) is 18.7 Å². The molecule has 4 nitrogen and oxygen atoms in total. The Hall–Kier alpha value is -1.10. The van der Waals surface area contributed by atoms with Crippen molar-refractivity contribution < 1.29 is 14.6 Å². The van der Waals surface area contributed by atoms with E-state index in [9.17, 15) is 5.11 Å². The third kappa shape index (κ3) is 5.49. The van der Waals surface area contributed by atoms with Gasteiger partial charge in [0.15, 0.2) is 0 Å². The van der Waals surface area contributed by atoms with Crippen LogP contribution in [0.4, 0.5) is 0 Å². The number of benzene rings is 1. The van der Waals surface area contributed by atoms with E-state index in [-0.39, 0.29) is 19.6 Å². The van der Waals surface area contributed by atoms with Crippen LogP contribution in [0, 0.1) is 0 Å². The number of ether oxygens (including phenoxy) is 2. The van der Waals surface area contributed by atoms with Crippen LogP contribution in [0.25, 0.3) is 0 Å². The van der Waals surface area contributed by atoms with Gasteiger partial charge in [-0.3, -0.25) is 4.90 Å². The summed E-state index contributed by atoms with van der Waals surface area (Å²) in [6.45, 7) is 6.82. The molecule has 0 aliphatic carbocycles. The van der Waals surface area contributed by atoms with Gasteiger partial charge in [-0.1, -0.05) is 25.6 Å². The Balaban J connectivity index is 0.00000200. The van der Waals surface area contributed by atoms with Crippen LogP contribution in [-0.2, 0) is 4.74 Å². The first kappa shape index (κ1) is 17.0. The van der Waals surface area contributed by atoms with Crippen LogP contribution in [0.1, 0.15) is 21.3 Å². The molecule has 3 unspecified atom stereocenters. The molecule has 1 N–H and O–H groups in total. The second kappa shape index (κ2) is 8.25. The third-order valence-corrected chi connectivity index (χ3v) is 3.15. The average Bonchev–Trinajstić information content (AvgIpc) is 2.36. The zero-order valence-corrected chi connectivity index (χ0v) is 11.7. The minimum absolute atomic E-state index is 0. The molecular weight excluding hydrogens is 254 g/mol. The number of nitrogens with zero attached hydrogens (tertiary/aromatic N) is 1. The van der Waals surface area contributed by atoms with E-state index in [4.69, 9.17) is 9.47 Å². The molecule has 1 aliphatic rings. The minimum Gasteiger partial charge on any atom is -0.491 e. The molecule has 2 rings (SSSR count). The monoisotopic (exact) mass is 281 g/mol. The van der Waals surface area contributed by atoms with Crippen LogP contribution in [0.15, 0.2) is 30.3 Å². The molecule has 0 amide bonds. The Bertz CT molecular complexity index is 361. The molecule has 0 aromatic heterocycles. The SMILES string of the molecule is C.CC1CN(CC(O)COc2ccccc2)CC(C)O1. The first-order valence-corrected chi connectivity index (χ1v) is 6.87. The second-order valence-electron chi connectivity index (χ2n) is 5.25. The van der Waals surface area contributed by atoms with Crippen LogP contribution < -0.4 is 4.74 Å². The maximum absolute atomic E-state index is 10.0. The summed E-state index contributed by atoms with van der Waals surface area (Å²) in [7, 11) is 0. The molecule has 4 heteroatoms. The number of para-hydroxylation sites is 1. The van der Waals surface area contributed by atoms with Gasteiger partial charge in [-0.15, -0.1) is 0 Å². The highest BCUT2D eigenvalue weighted by molar-refractivity contribution is 5.20. The van der Waals surface area contributed by atoms with Gasteiger partial charge in [0.1, 0.15) is 18.5 Å². The molecule has 1 aromatic rings. The van der Waals surface area contributed by atoms with Crippen LogP contribution in [-0.4, -0.2) is 54.6 Å². The largest absolute Gasteiger partial charge is 0.491 e. The number of rotatable bonds is 5. The lowest BCUT2D eigenvalue weighted by Crippen LogP contribution is -2.48. The fourth-order valence-corrected chi connectivity index (χ4v) is 2.49. The van der Waals surface area contributed by atoms with Crippen LogP contribution in [0.3, 0.4) is 0 Å². The van der Waals surface area contributed by atoms with Crippen molar-refractivity contribution in [3.05, 3.63) is 30.3 Å². The van der Waals surface area contributed by atoms with Crippen LogP contribution >= 0.6 is 0 Å². The Morgan fingerprint density at radius 2 is 1.85 bits per heavy atom. The number of hydrogen-bond acceptors (Lipinski definition) is 4. The van der Waals surface area contributed by atoms with E-state index in [0.29, 0.717) is 13.2 Å². The average molecular weight is 281 g/mol. The smallest absolute Gasteiger partial charge is 0.119 e. The molecule has 0 spiro atoms. The topological polar surface area (TPSA) is 41.9 Å². The van der Waals surface area contributed by atoms with Crippen molar-refractivity contribution in [3.63, 3.8) is 0 Å². The van der Waals surface area contributed by atoms with Gasteiger partial charge in [0.05, 0.1) is 12.2 Å². The van der Waals surface area contributed by atoms with Crippen molar-refractivity contribution in [2.24, 2.45) is 0 Å². The van der Waals surface area contributed by atoms with Gasteiger partial charge in [-0.2, -0.15) is 0 Å². The van der Waals surface area contributed by atoms with Gasteiger partial charge >= 0.3 is 0 Å². The maximum Gasteiger partial charge on any atom is 0.119 e. The van der Waals surface area contributed by atoms with Gasteiger partial charge in [0.2, 0.25) is 0 Å². The Morgan fingerprint density at radius 3 is 2.45 bits per heavy atom. The summed E-state index contributed by atoms with van der Waals surface area (Å²) in [5.74, 6) is 0.797. The molecule has 0 radical (unpaired) electrons. The third-order valence-electron chi connectivity index (χ3n) is 3.15. The number of aliphatic hydroxyl groups excluding tert-OH is 1. The van der Waals surface area contributed by atoms with E-state index in [0.717, 1.165) is 18.8 Å². The molecule has 3 atom stereocenters. The highest BCUT2D eigenvalue weighted by Crippen LogP contribution is 2.12. The number of hydrogen-bond donors (Lipinski definition) is 1. The van der Waals surface area contributed by atoms with Crippen molar-refractivity contribution in [2.75, 3.05) is 26.2 Å². The zero-order chi connectivity index (χ0) is 13.7. The highest BCUT2D eigenvalue weighted by Gasteiger charge is 2.23. The summed E-state index contributed by atoms with van der Waals surface area (Å²) in [6.07, 6.45) is -0.0188. The first-order chi connectivity index (χ1) is 9.13. The molecule has 0 bridgehead atoms. The molecule has 114 valence electrons. The lowest BCUT2D eigenvalue weighted by atomic mass is 10.2. The quantitative estimate of drug-likeness (QED) is 0.898. The van der Waals surface area contributed by atoms with Crippen molar-refractivity contribution in [1.29, 1.82) is 0 Å². The summed E-state index contributed by atoms with van der Waals surface area (Å²) < 4.78 is 11.2. The van der Waals surface area contributed by atoms with Gasteiger partial charge in [0, 0.05) is 19.6 Å². The lowest BCUT2D eigenvalue weighted by molar-refractivity contribution is -0.0786. The highest BCUT2D eigenvalue weighted by atomic mass is 16.5. The summed E-state index contributed by atoms with van der Waals surface area (Å²) in [6, 6.07) is 9.58. The van der Waals surface area contributed by atoms with Gasteiger partial charge < -0.3 is 14.6 Å². The molecule has 0 saturated carbocycles. The second-order valence-corrected chi connectivity index (χ2v) is 5.25. The van der Waals surface area contributed by atoms with Crippen LogP contribution in [0.2, 0.25) is 0 Å². The maximum atomic E-state index is 10.0. The van der Waals surface area contributed by atoms with E-state index in [1.54, 1.807) is 0 Å². The van der Waals surface area contributed by atoms with Crippen LogP contribution in [0.5, 0.6) is 5.75 Å². The van der Waals surface area contributed by atoms with E-state index in [1.807, 2.05) is 30.3 Å². The van der Waals surface area contributed by atoms with Gasteiger partial charge in [-0.05, 0) is 26.0 Å². The van der Waals surface area contributed by atoms with Crippen molar-refractivity contribution in [1.82, 2.24) is 4.90 Å². The predicted octanol–water partition coefficient (Wildman–Crippen LogP) is 2.17. The standard InChI is InChI=1S/C15H23NO3.CH4/c1-12-8-16(9-13(2)19-12)10-14(17)11-18-15-6-4-3-5-7-15;/h3-7,12-14,17H,8-11H2,1-2H3;1H4. The van der Waals surface area contributed by atoms with E-state index >= 15 is 0 Å². The minimum atomic E-state index is -0.474. The van der Waals surface area contributed by atoms with Crippen molar-refractivity contribution in [3.8, 4) is 5.75 Å². The zero-order valence-electron chi connectivity index (χ0n) is 11.7.